The quantitative estimate of drug-likeness (QED) is 0.351. The number of halogens is 1. The summed E-state index contributed by atoms with van der Waals surface area (Å²) in [7, 11) is 0. The summed E-state index contributed by atoms with van der Waals surface area (Å²) in [6.07, 6.45) is 5.91. The molecular formula is C24H33IN6O. The predicted octanol–water partition coefficient (Wildman–Crippen LogP) is 3.69. The Labute approximate surface area is 207 Å². The van der Waals surface area contributed by atoms with E-state index in [2.05, 4.69) is 20.1 Å². The third kappa shape index (κ3) is 6.82. The molecule has 1 amide bonds. The van der Waals surface area contributed by atoms with Gasteiger partial charge in [-0.25, -0.2) is 4.98 Å². The van der Waals surface area contributed by atoms with Gasteiger partial charge in [-0.1, -0.05) is 24.3 Å². The number of benzene rings is 1. The van der Waals surface area contributed by atoms with Crippen LogP contribution in [-0.4, -0.2) is 72.5 Å². The highest BCUT2D eigenvalue weighted by molar-refractivity contribution is 14.0. The van der Waals surface area contributed by atoms with Gasteiger partial charge in [0.25, 0.3) is 0 Å². The van der Waals surface area contributed by atoms with Crippen molar-refractivity contribution >= 4 is 47.3 Å². The number of para-hydroxylation sites is 1. The summed E-state index contributed by atoms with van der Waals surface area (Å²) in [6.45, 7) is 5.65. The normalized spacial score (nSPS) is 17.0. The summed E-state index contributed by atoms with van der Waals surface area (Å²) in [5, 5.41) is 3.46. The summed E-state index contributed by atoms with van der Waals surface area (Å²) in [5.74, 6) is 2.05. The van der Waals surface area contributed by atoms with Crippen molar-refractivity contribution in [3.05, 3.63) is 54.7 Å². The van der Waals surface area contributed by atoms with Crippen molar-refractivity contribution in [3.63, 3.8) is 0 Å². The molecule has 2 aromatic rings. The maximum absolute atomic E-state index is 12.7. The topological polar surface area (TPSA) is 64.1 Å². The zero-order valence-corrected chi connectivity index (χ0v) is 20.9. The number of carbonyl (C=O) groups excluding carboxylic acids is 1. The van der Waals surface area contributed by atoms with Gasteiger partial charge in [0.2, 0.25) is 5.91 Å². The molecule has 0 bridgehead atoms. The molecule has 8 heteroatoms. The molecule has 3 heterocycles. The van der Waals surface area contributed by atoms with E-state index >= 15 is 0 Å². The number of amides is 1. The van der Waals surface area contributed by atoms with E-state index in [1.165, 1.54) is 19.3 Å². The van der Waals surface area contributed by atoms with Crippen molar-refractivity contribution in [3.8, 4) is 0 Å². The van der Waals surface area contributed by atoms with Crippen LogP contribution in [0.3, 0.4) is 0 Å². The molecule has 1 N–H and O–H groups in total. The van der Waals surface area contributed by atoms with Crippen LogP contribution in [0, 0.1) is 0 Å². The highest BCUT2D eigenvalue weighted by Crippen LogP contribution is 2.14. The van der Waals surface area contributed by atoms with Crippen LogP contribution in [0.1, 0.15) is 25.7 Å². The van der Waals surface area contributed by atoms with Crippen molar-refractivity contribution in [2.24, 2.45) is 4.99 Å². The number of nitrogens with one attached hydrogen (secondary N) is 1. The average molecular weight is 548 g/mol. The van der Waals surface area contributed by atoms with Gasteiger partial charge in [-0.05, 0) is 43.5 Å². The minimum atomic E-state index is 0. The summed E-state index contributed by atoms with van der Waals surface area (Å²) >= 11 is 0. The summed E-state index contributed by atoms with van der Waals surface area (Å²) in [6, 6.07) is 16.1. The van der Waals surface area contributed by atoms with Gasteiger partial charge in [-0.15, -0.1) is 24.0 Å². The fraction of sp³-hybridized carbons (Fsp3) is 0.458. The average Bonchev–Trinajstić information content (AvgIpc) is 2.85. The van der Waals surface area contributed by atoms with Crippen LogP contribution in [0.25, 0.3) is 0 Å². The number of nitrogens with zero attached hydrogens (tertiary/aromatic N) is 5. The fourth-order valence-corrected chi connectivity index (χ4v) is 4.12. The lowest BCUT2D eigenvalue weighted by Gasteiger charge is -2.35. The van der Waals surface area contributed by atoms with Gasteiger partial charge >= 0.3 is 0 Å². The monoisotopic (exact) mass is 548 g/mol. The number of aromatic nitrogens is 1. The van der Waals surface area contributed by atoms with E-state index in [0.717, 1.165) is 56.7 Å². The van der Waals surface area contributed by atoms with Crippen molar-refractivity contribution in [2.75, 3.05) is 56.0 Å². The van der Waals surface area contributed by atoms with E-state index in [0.29, 0.717) is 13.0 Å². The SMILES string of the molecule is I.O=C(CCN=C(Nc1ccccc1)N1CCCCC1)N1CCN(c2ccccn2)CC1. The first-order valence-electron chi connectivity index (χ1n) is 11.3. The number of aliphatic imine (C=N–C) groups is 1. The number of hydrogen-bond donors (Lipinski definition) is 1. The summed E-state index contributed by atoms with van der Waals surface area (Å²) in [5.41, 5.74) is 1.03. The number of rotatable bonds is 5. The molecule has 0 unspecified atom stereocenters. The van der Waals surface area contributed by atoms with Crippen molar-refractivity contribution in [1.82, 2.24) is 14.8 Å². The molecule has 0 spiro atoms. The van der Waals surface area contributed by atoms with Crippen LogP contribution in [0.15, 0.2) is 59.7 Å². The van der Waals surface area contributed by atoms with Gasteiger partial charge < -0.3 is 20.0 Å². The smallest absolute Gasteiger partial charge is 0.224 e. The highest BCUT2D eigenvalue weighted by Gasteiger charge is 2.22. The highest BCUT2D eigenvalue weighted by atomic mass is 127. The Morgan fingerprint density at radius 2 is 1.59 bits per heavy atom. The zero-order valence-electron chi connectivity index (χ0n) is 18.5. The van der Waals surface area contributed by atoms with Crippen molar-refractivity contribution < 1.29 is 4.79 Å². The number of hydrogen-bond acceptors (Lipinski definition) is 4. The van der Waals surface area contributed by atoms with Crippen LogP contribution < -0.4 is 10.2 Å². The number of anilines is 2. The molecule has 4 rings (SSSR count). The van der Waals surface area contributed by atoms with Crippen LogP contribution >= 0.6 is 24.0 Å². The van der Waals surface area contributed by atoms with Gasteiger partial charge in [0, 0.05) is 57.6 Å². The van der Waals surface area contributed by atoms with Crippen LogP contribution in [-0.2, 0) is 4.79 Å². The van der Waals surface area contributed by atoms with Gasteiger partial charge in [-0.2, -0.15) is 0 Å². The molecule has 0 aliphatic carbocycles. The Balaban J connectivity index is 0.00000289. The lowest BCUT2D eigenvalue weighted by Crippen LogP contribution is -2.49. The second-order valence-electron chi connectivity index (χ2n) is 8.05. The van der Waals surface area contributed by atoms with E-state index in [9.17, 15) is 4.79 Å². The summed E-state index contributed by atoms with van der Waals surface area (Å²) in [4.78, 5) is 28.5. The minimum absolute atomic E-state index is 0. The molecule has 0 saturated carbocycles. The third-order valence-corrected chi connectivity index (χ3v) is 5.88. The second kappa shape index (κ2) is 12.6. The predicted molar refractivity (Wildman–Crippen MR) is 141 cm³/mol. The molecule has 32 heavy (non-hydrogen) atoms. The third-order valence-electron chi connectivity index (χ3n) is 5.88. The largest absolute Gasteiger partial charge is 0.353 e. The lowest BCUT2D eigenvalue weighted by molar-refractivity contribution is -0.131. The molecule has 2 aliphatic rings. The number of piperazine rings is 1. The molecule has 172 valence electrons. The van der Waals surface area contributed by atoms with Gasteiger partial charge in [0.1, 0.15) is 5.82 Å². The second-order valence-corrected chi connectivity index (χ2v) is 8.05. The Kier molecular flexibility index (Phi) is 9.58. The lowest BCUT2D eigenvalue weighted by atomic mass is 10.1. The van der Waals surface area contributed by atoms with Gasteiger partial charge in [0.05, 0.1) is 6.54 Å². The minimum Gasteiger partial charge on any atom is -0.353 e. The molecular weight excluding hydrogens is 515 g/mol. The number of carbonyl (C=O) groups is 1. The standard InChI is InChI=1S/C24H32N6O.HI/c31-23(29-19-17-28(18-20-29)22-11-5-6-13-25-22)12-14-26-24(30-15-7-2-8-16-30)27-21-9-3-1-4-10-21;/h1,3-6,9-11,13H,2,7-8,12,14-20H2,(H,26,27);1H. The molecule has 0 atom stereocenters. The Morgan fingerprint density at radius 3 is 2.28 bits per heavy atom. The number of piperidine rings is 1. The van der Waals surface area contributed by atoms with Crippen LogP contribution in [0.4, 0.5) is 11.5 Å². The number of guanidine groups is 1. The van der Waals surface area contributed by atoms with E-state index < -0.39 is 0 Å². The molecule has 2 fully saturated rings. The molecule has 2 aliphatic heterocycles. The van der Waals surface area contributed by atoms with Crippen LogP contribution in [0.5, 0.6) is 0 Å². The Hall–Kier alpha value is -2.36. The van der Waals surface area contributed by atoms with E-state index in [1.807, 2.05) is 59.6 Å². The van der Waals surface area contributed by atoms with Gasteiger partial charge in [0.15, 0.2) is 5.96 Å². The van der Waals surface area contributed by atoms with Gasteiger partial charge in [-0.3, -0.25) is 9.79 Å². The Bertz CT molecular complexity index is 849. The van der Waals surface area contributed by atoms with Crippen molar-refractivity contribution in [1.29, 1.82) is 0 Å². The molecule has 0 radical (unpaired) electrons. The zero-order chi connectivity index (χ0) is 21.3. The molecule has 7 nitrogen and oxygen atoms in total. The fourth-order valence-electron chi connectivity index (χ4n) is 4.12. The van der Waals surface area contributed by atoms with E-state index in [-0.39, 0.29) is 29.9 Å². The number of pyridine rings is 1. The molecule has 1 aromatic carbocycles. The first-order chi connectivity index (χ1) is 15.3. The number of likely N-dealkylation sites (tertiary alicyclic amines) is 1. The first-order valence-corrected chi connectivity index (χ1v) is 11.3. The molecule has 1 aromatic heterocycles. The summed E-state index contributed by atoms with van der Waals surface area (Å²) < 4.78 is 0. The molecule has 2 saturated heterocycles. The Morgan fingerprint density at radius 1 is 0.875 bits per heavy atom. The first kappa shape index (κ1) is 24.3. The van der Waals surface area contributed by atoms with Crippen molar-refractivity contribution in [2.45, 2.75) is 25.7 Å². The maximum atomic E-state index is 12.7. The van der Waals surface area contributed by atoms with E-state index in [4.69, 9.17) is 4.99 Å². The van der Waals surface area contributed by atoms with Crippen LogP contribution in [0.2, 0.25) is 0 Å². The van der Waals surface area contributed by atoms with E-state index in [1.54, 1.807) is 0 Å². The maximum Gasteiger partial charge on any atom is 0.224 e.